The van der Waals surface area contributed by atoms with Crippen LogP contribution in [0, 0.1) is 5.82 Å². The van der Waals surface area contributed by atoms with E-state index in [4.69, 9.17) is 4.74 Å². The third kappa shape index (κ3) is 3.55. The zero-order valence-electron chi connectivity index (χ0n) is 11.4. The van der Waals surface area contributed by atoms with E-state index in [2.05, 4.69) is 26.2 Å². The Kier molecular flexibility index (Phi) is 5.09. The van der Waals surface area contributed by atoms with Crippen LogP contribution < -0.4 is 10.1 Å². The van der Waals surface area contributed by atoms with Crippen LogP contribution in [0.25, 0.3) is 0 Å². The van der Waals surface area contributed by atoms with Crippen LogP contribution in [0.3, 0.4) is 0 Å². The second-order valence-electron chi connectivity index (χ2n) is 4.44. The van der Waals surface area contributed by atoms with E-state index in [1.165, 1.54) is 12.3 Å². The number of rotatable bonds is 5. The molecule has 0 bridgehead atoms. The van der Waals surface area contributed by atoms with Gasteiger partial charge in [0, 0.05) is 16.7 Å². The van der Waals surface area contributed by atoms with E-state index in [1.54, 1.807) is 13.3 Å². The maximum atomic E-state index is 13.3. The Morgan fingerprint density at radius 2 is 2.15 bits per heavy atom. The van der Waals surface area contributed by atoms with Crippen molar-refractivity contribution in [2.24, 2.45) is 0 Å². The Bertz CT molecular complexity index is 592. The summed E-state index contributed by atoms with van der Waals surface area (Å²) in [4.78, 5) is 3.90. The fourth-order valence-corrected chi connectivity index (χ4v) is 2.47. The molecule has 2 aromatic rings. The molecule has 0 saturated heterocycles. The molecule has 0 aliphatic heterocycles. The van der Waals surface area contributed by atoms with Crippen LogP contribution in [0.4, 0.5) is 4.39 Å². The van der Waals surface area contributed by atoms with Gasteiger partial charge in [-0.25, -0.2) is 4.39 Å². The lowest BCUT2D eigenvalue weighted by Crippen LogP contribution is -2.19. The summed E-state index contributed by atoms with van der Waals surface area (Å²) >= 11 is 3.53. The predicted octanol–water partition coefficient (Wildman–Crippen LogP) is 3.50. The van der Waals surface area contributed by atoms with E-state index in [-0.39, 0.29) is 11.9 Å². The molecule has 0 amide bonds. The van der Waals surface area contributed by atoms with Gasteiger partial charge in [0.2, 0.25) is 0 Å². The standard InChI is InChI=1S/C15H16BrFN2O/c1-18-15(11-5-12(17)9-19-8-11)7-10-6-13(20-2)3-4-14(10)16/h3-6,8-9,15,18H,7H2,1-2H3. The second-order valence-corrected chi connectivity index (χ2v) is 5.29. The van der Waals surface area contributed by atoms with Gasteiger partial charge in [-0.2, -0.15) is 0 Å². The first-order valence-electron chi connectivity index (χ1n) is 6.24. The van der Waals surface area contributed by atoms with E-state index < -0.39 is 0 Å². The summed E-state index contributed by atoms with van der Waals surface area (Å²) < 4.78 is 19.5. The smallest absolute Gasteiger partial charge is 0.141 e. The van der Waals surface area contributed by atoms with Crippen LogP contribution in [-0.4, -0.2) is 19.1 Å². The van der Waals surface area contributed by atoms with Gasteiger partial charge in [0.25, 0.3) is 0 Å². The summed E-state index contributed by atoms with van der Waals surface area (Å²) in [5.41, 5.74) is 1.91. The molecule has 1 aromatic heterocycles. The first-order valence-corrected chi connectivity index (χ1v) is 7.03. The van der Waals surface area contributed by atoms with Crippen LogP contribution >= 0.6 is 15.9 Å². The van der Waals surface area contributed by atoms with Gasteiger partial charge < -0.3 is 10.1 Å². The highest BCUT2D eigenvalue weighted by atomic mass is 79.9. The van der Waals surface area contributed by atoms with Gasteiger partial charge in [0.1, 0.15) is 11.6 Å². The lowest BCUT2D eigenvalue weighted by atomic mass is 10.00. The number of hydrogen-bond donors (Lipinski definition) is 1. The monoisotopic (exact) mass is 338 g/mol. The van der Waals surface area contributed by atoms with E-state index in [9.17, 15) is 4.39 Å². The lowest BCUT2D eigenvalue weighted by Gasteiger charge is -2.18. The van der Waals surface area contributed by atoms with Crippen LogP contribution in [-0.2, 0) is 6.42 Å². The van der Waals surface area contributed by atoms with Crippen molar-refractivity contribution in [3.05, 3.63) is 58.1 Å². The van der Waals surface area contributed by atoms with E-state index in [0.717, 1.165) is 21.3 Å². The van der Waals surface area contributed by atoms with Crippen LogP contribution in [0.5, 0.6) is 5.75 Å². The lowest BCUT2D eigenvalue weighted by molar-refractivity contribution is 0.413. The molecule has 0 saturated carbocycles. The van der Waals surface area contributed by atoms with Crippen molar-refractivity contribution in [2.45, 2.75) is 12.5 Å². The highest BCUT2D eigenvalue weighted by Gasteiger charge is 2.14. The number of nitrogens with one attached hydrogen (secondary N) is 1. The summed E-state index contributed by atoms with van der Waals surface area (Å²) in [6.07, 6.45) is 3.59. The number of methoxy groups -OCH3 is 1. The molecule has 2 rings (SSSR count). The normalized spacial score (nSPS) is 12.2. The van der Waals surface area contributed by atoms with Crippen molar-refractivity contribution in [1.82, 2.24) is 10.3 Å². The number of likely N-dealkylation sites (N-methyl/N-ethyl adjacent to an activating group) is 1. The minimum Gasteiger partial charge on any atom is -0.497 e. The topological polar surface area (TPSA) is 34.1 Å². The Morgan fingerprint density at radius 1 is 1.35 bits per heavy atom. The zero-order valence-corrected chi connectivity index (χ0v) is 12.9. The molecule has 1 atom stereocenters. The summed E-state index contributed by atoms with van der Waals surface area (Å²) in [5.74, 6) is 0.475. The van der Waals surface area contributed by atoms with Crippen LogP contribution in [0.1, 0.15) is 17.2 Å². The van der Waals surface area contributed by atoms with Crippen molar-refractivity contribution in [3.8, 4) is 5.75 Å². The fourth-order valence-electron chi connectivity index (χ4n) is 2.06. The number of aromatic nitrogens is 1. The van der Waals surface area contributed by atoms with Crippen LogP contribution in [0.15, 0.2) is 41.1 Å². The molecule has 1 N–H and O–H groups in total. The molecule has 1 aromatic carbocycles. The van der Waals surface area contributed by atoms with Crippen molar-refractivity contribution >= 4 is 15.9 Å². The highest BCUT2D eigenvalue weighted by molar-refractivity contribution is 9.10. The van der Waals surface area contributed by atoms with E-state index >= 15 is 0 Å². The third-order valence-electron chi connectivity index (χ3n) is 3.15. The molecule has 5 heteroatoms. The van der Waals surface area contributed by atoms with Gasteiger partial charge >= 0.3 is 0 Å². The van der Waals surface area contributed by atoms with Gasteiger partial charge in [-0.1, -0.05) is 15.9 Å². The maximum Gasteiger partial charge on any atom is 0.141 e. The molecule has 0 aliphatic carbocycles. The van der Waals surface area contributed by atoms with Crippen molar-refractivity contribution < 1.29 is 9.13 Å². The average molecular weight is 339 g/mol. The molecule has 0 aliphatic rings. The molecule has 0 radical (unpaired) electrons. The predicted molar refractivity (Wildman–Crippen MR) is 80.4 cm³/mol. The first-order chi connectivity index (χ1) is 9.63. The number of nitrogens with zero attached hydrogens (tertiary/aromatic N) is 1. The largest absolute Gasteiger partial charge is 0.497 e. The minimum atomic E-state index is -0.326. The van der Waals surface area contributed by atoms with Crippen molar-refractivity contribution in [3.63, 3.8) is 0 Å². The van der Waals surface area contributed by atoms with E-state index in [1.807, 2.05) is 25.2 Å². The van der Waals surface area contributed by atoms with Crippen molar-refractivity contribution in [2.75, 3.05) is 14.2 Å². The SMILES string of the molecule is CNC(Cc1cc(OC)ccc1Br)c1cncc(F)c1. The molecular weight excluding hydrogens is 323 g/mol. The summed E-state index contributed by atoms with van der Waals surface area (Å²) in [6, 6.07) is 7.31. The summed E-state index contributed by atoms with van der Waals surface area (Å²) in [6.45, 7) is 0. The average Bonchev–Trinajstić information content (AvgIpc) is 2.46. The number of benzene rings is 1. The highest BCUT2D eigenvalue weighted by Crippen LogP contribution is 2.27. The number of pyridine rings is 1. The van der Waals surface area contributed by atoms with Gasteiger partial charge in [-0.3, -0.25) is 4.98 Å². The Labute approximate surface area is 126 Å². The Hall–Kier alpha value is -1.46. The summed E-state index contributed by atoms with van der Waals surface area (Å²) in [5, 5.41) is 3.19. The van der Waals surface area contributed by atoms with Gasteiger partial charge in [-0.05, 0) is 48.9 Å². The Morgan fingerprint density at radius 3 is 2.80 bits per heavy atom. The maximum absolute atomic E-state index is 13.3. The van der Waals surface area contributed by atoms with Gasteiger partial charge in [-0.15, -0.1) is 0 Å². The molecule has 0 fully saturated rings. The zero-order chi connectivity index (χ0) is 14.5. The molecule has 0 spiro atoms. The van der Waals surface area contributed by atoms with Crippen molar-refractivity contribution in [1.29, 1.82) is 0 Å². The second kappa shape index (κ2) is 6.81. The summed E-state index contributed by atoms with van der Waals surface area (Å²) in [7, 11) is 3.49. The van der Waals surface area contributed by atoms with E-state index in [0.29, 0.717) is 6.42 Å². The molecule has 3 nitrogen and oxygen atoms in total. The molecule has 20 heavy (non-hydrogen) atoms. The molecule has 1 heterocycles. The van der Waals surface area contributed by atoms with Crippen LogP contribution in [0.2, 0.25) is 0 Å². The van der Waals surface area contributed by atoms with Gasteiger partial charge in [0.05, 0.1) is 13.3 Å². The quantitative estimate of drug-likeness (QED) is 0.905. The molecular formula is C15H16BrFN2O. The molecule has 106 valence electrons. The first kappa shape index (κ1) is 14.9. The number of ether oxygens (including phenoxy) is 1. The van der Waals surface area contributed by atoms with Gasteiger partial charge in [0.15, 0.2) is 0 Å². The third-order valence-corrected chi connectivity index (χ3v) is 3.93. The number of hydrogen-bond acceptors (Lipinski definition) is 3. The Balaban J connectivity index is 2.26. The number of halogens is 2. The minimum absolute atomic E-state index is 0.0124. The molecule has 1 unspecified atom stereocenters. The fraction of sp³-hybridized carbons (Fsp3) is 0.267.